The third-order valence-corrected chi connectivity index (χ3v) is 4.65. The first-order chi connectivity index (χ1) is 12.0. The molecule has 2 aromatic heterocycles. The Labute approximate surface area is 148 Å². The number of carbonyl (C=O) groups excluding carboxylic acids is 1. The Kier molecular flexibility index (Phi) is 5.53. The summed E-state index contributed by atoms with van der Waals surface area (Å²) in [6, 6.07) is 3.13. The maximum Gasteiger partial charge on any atom is 0.287 e. The first-order valence-corrected chi connectivity index (χ1v) is 9.03. The van der Waals surface area contributed by atoms with Crippen molar-refractivity contribution < 1.29 is 9.21 Å². The van der Waals surface area contributed by atoms with Crippen LogP contribution in [0.15, 0.2) is 22.8 Å². The summed E-state index contributed by atoms with van der Waals surface area (Å²) in [7, 11) is 0. The van der Waals surface area contributed by atoms with Crippen LogP contribution >= 0.6 is 0 Å². The summed E-state index contributed by atoms with van der Waals surface area (Å²) in [5, 5.41) is 11.6. The highest BCUT2D eigenvalue weighted by molar-refractivity contribution is 5.91. The summed E-state index contributed by atoms with van der Waals surface area (Å²) >= 11 is 0. The summed E-state index contributed by atoms with van der Waals surface area (Å²) in [5.41, 5.74) is 0. The molecule has 1 aliphatic heterocycles. The number of carbonyl (C=O) groups is 1. The number of furan rings is 1. The Morgan fingerprint density at radius 3 is 2.84 bits per heavy atom. The standard InChI is InChI=1S/C18H27N5O2/c1-13(2)6-8-22-9-7-16-20-21-17(23(16)11-10-22)14(3)19-18(24)15-5-4-12-25-15/h4-5,12-14H,6-11H2,1-3H3,(H,19,24). The molecule has 136 valence electrons. The molecular weight excluding hydrogens is 318 g/mol. The Morgan fingerprint density at radius 1 is 1.28 bits per heavy atom. The fourth-order valence-electron chi connectivity index (χ4n) is 3.11. The number of hydrogen-bond acceptors (Lipinski definition) is 5. The van der Waals surface area contributed by atoms with E-state index in [1.165, 1.54) is 12.7 Å². The highest BCUT2D eigenvalue weighted by atomic mass is 16.3. The van der Waals surface area contributed by atoms with Gasteiger partial charge in [-0.2, -0.15) is 0 Å². The van der Waals surface area contributed by atoms with E-state index >= 15 is 0 Å². The van der Waals surface area contributed by atoms with E-state index in [1.807, 2.05) is 6.92 Å². The Bertz CT molecular complexity index is 692. The molecule has 0 saturated heterocycles. The van der Waals surface area contributed by atoms with Gasteiger partial charge in [0.1, 0.15) is 5.82 Å². The van der Waals surface area contributed by atoms with Gasteiger partial charge in [-0.1, -0.05) is 13.8 Å². The first-order valence-electron chi connectivity index (χ1n) is 9.03. The molecule has 0 aromatic carbocycles. The van der Waals surface area contributed by atoms with Crippen LogP contribution in [0, 0.1) is 5.92 Å². The average Bonchev–Trinajstić information content (AvgIpc) is 3.20. The second kappa shape index (κ2) is 7.82. The van der Waals surface area contributed by atoms with Gasteiger partial charge in [-0.05, 0) is 37.9 Å². The molecule has 2 aromatic rings. The molecule has 0 fully saturated rings. The monoisotopic (exact) mass is 345 g/mol. The van der Waals surface area contributed by atoms with E-state index in [-0.39, 0.29) is 11.9 Å². The maximum absolute atomic E-state index is 12.2. The van der Waals surface area contributed by atoms with Crippen molar-refractivity contribution >= 4 is 5.91 Å². The van der Waals surface area contributed by atoms with E-state index in [1.54, 1.807) is 12.1 Å². The van der Waals surface area contributed by atoms with E-state index in [0.717, 1.165) is 44.2 Å². The molecule has 0 spiro atoms. The zero-order chi connectivity index (χ0) is 17.8. The van der Waals surface area contributed by atoms with Gasteiger partial charge in [0.05, 0.1) is 12.3 Å². The summed E-state index contributed by atoms with van der Waals surface area (Å²) < 4.78 is 7.30. The molecule has 0 aliphatic carbocycles. The molecule has 1 atom stereocenters. The molecule has 3 heterocycles. The van der Waals surface area contributed by atoms with Gasteiger partial charge >= 0.3 is 0 Å². The minimum Gasteiger partial charge on any atom is -0.459 e. The molecule has 0 saturated carbocycles. The normalized spacial score (nSPS) is 16.5. The molecule has 0 radical (unpaired) electrons. The molecular formula is C18H27N5O2. The number of amides is 1. The molecule has 3 rings (SSSR count). The van der Waals surface area contributed by atoms with Gasteiger partial charge in [-0.25, -0.2) is 0 Å². The summed E-state index contributed by atoms with van der Waals surface area (Å²) in [4.78, 5) is 14.7. The van der Waals surface area contributed by atoms with Gasteiger partial charge < -0.3 is 19.2 Å². The SMILES string of the molecule is CC(C)CCN1CCc2nnc(C(C)NC(=O)c3ccco3)n2CC1. The van der Waals surface area contributed by atoms with Crippen LogP contribution in [0.4, 0.5) is 0 Å². The van der Waals surface area contributed by atoms with Crippen molar-refractivity contribution in [3.63, 3.8) is 0 Å². The minimum atomic E-state index is -0.234. The lowest BCUT2D eigenvalue weighted by atomic mass is 10.1. The number of nitrogens with zero attached hydrogens (tertiary/aromatic N) is 4. The van der Waals surface area contributed by atoms with Crippen molar-refractivity contribution in [2.45, 2.75) is 46.2 Å². The Hall–Kier alpha value is -2.15. The number of fused-ring (bicyclic) bond motifs is 1. The molecule has 7 heteroatoms. The predicted molar refractivity (Wildman–Crippen MR) is 94.2 cm³/mol. The molecule has 1 amide bonds. The van der Waals surface area contributed by atoms with Crippen LogP contribution in [-0.2, 0) is 13.0 Å². The molecule has 7 nitrogen and oxygen atoms in total. The average molecular weight is 345 g/mol. The lowest BCUT2D eigenvalue weighted by Crippen LogP contribution is -2.30. The fourth-order valence-corrected chi connectivity index (χ4v) is 3.11. The third-order valence-electron chi connectivity index (χ3n) is 4.65. The number of hydrogen-bond donors (Lipinski definition) is 1. The van der Waals surface area contributed by atoms with Crippen molar-refractivity contribution in [2.75, 3.05) is 19.6 Å². The van der Waals surface area contributed by atoms with Gasteiger partial charge in [-0.15, -0.1) is 10.2 Å². The van der Waals surface area contributed by atoms with Crippen LogP contribution in [0.2, 0.25) is 0 Å². The largest absolute Gasteiger partial charge is 0.459 e. The van der Waals surface area contributed by atoms with Gasteiger partial charge in [-0.3, -0.25) is 4.79 Å². The van der Waals surface area contributed by atoms with Crippen LogP contribution in [0.1, 0.15) is 55.4 Å². The lowest BCUT2D eigenvalue weighted by Gasteiger charge is -2.21. The van der Waals surface area contributed by atoms with Crippen LogP contribution in [0.5, 0.6) is 0 Å². The highest BCUT2D eigenvalue weighted by Gasteiger charge is 2.23. The quantitative estimate of drug-likeness (QED) is 0.869. The predicted octanol–water partition coefficient (Wildman–Crippen LogP) is 2.27. The first kappa shape index (κ1) is 17.7. The van der Waals surface area contributed by atoms with Crippen molar-refractivity contribution in [1.29, 1.82) is 0 Å². The summed E-state index contributed by atoms with van der Waals surface area (Å²) in [6.07, 6.45) is 3.60. The number of aromatic nitrogens is 3. The van der Waals surface area contributed by atoms with Crippen LogP contribution in [-0.4, -0.2) is 45.2 Å². The van der Waals surface area contributed by atoms with Gasteiger partial charge in [0.25, 0.3) is 5.91 Å². The topological polar surface area (TPSA) is 76.2 Å². The minimum absolute atomic E-state index is 0.221. The van der Waals surface area contributed by atoms with E-state index < -0.39 is 0 Å². The van der Waals surface area contributed by atoms with Crippen molar-refractivity contribution in [1.82, 2.24) is 25.0 Å². The molecule has 25 heavy (non-hydrogen) atoms. The van der Waals surface area contributed by atoms with Crippen LogP contribution in [0.25, 0.3) is 0 Å². The van der Waals surface area contributed by atoms with Gasteiger partial charge in [0.15, 0.2) is 11.6 Å². The summed E-state index contributed by atoms with van der Waals surface area (Å²) in [6.45, 7) is 10.4. The second-order valence-electron chi connectivity index (χ2n) is 7.07. The van der Waals surface area contributed by atoms with Gasteiger partial charge in [0, 0.05) is 26.1 Å². The molecule has 1 unspecified atom stereocenters. The third kappa shape index (κ3) is 4.28. The highest BCUT2D eigenvalue weighted by Crippen LogP contribution is 2.17. The zero-order valence-electron chi connectivity index (χ0n) is 15.2. The lowest BCUT2D eigenvalue weighted by molar-refractivity contribution is 0.0909. The smallest absolute Gasteiger partial charge is 0.287 e. The zero-order valence-corrected chi connectivity index (χ0v) is 15.2. The molecule has 1 N–H and O–H groups in total. The maximum atomic E-state index is 12.2. The second-order valence-corrected chi connectivity index (χ2v) is 7.07. The fraction of sp³-hybridized carbons (Fsp3) is 0.611. The van der Waals surface area contributed by atoms with Crippen LogP contribution in [0.3, 0.4) is 0 Å². The Morgan fingerprint density at radius 2 is 2.12 bits per heavy atom. The van der Waals surface area contributed by atoms with E-state index in [9.17, 15) is 4.79 Å². The molecule has 0 bridgehead atoms. The van der Waals surface area contributed by atoms with Crippen molar-refractivity contribution in [3.05, 3.63) is 35.8 Å². The van der Waals surface area contributed by atoms with E-state index in [4.69, 9.17) is 4.42 Å². The van der Waals surface area contributed by atoms with Gasteiger partial charge in [0.2, 0.25) is 0 Å². The number of nitrogens with one attached hydrogen (secondary N) is 1. The Balaban J connectivity index is 1.64. The van der Waals surface area contributed by atoms with Crippen molar-refractivity contribution in [2.24, 2.45) is 5.92 Å². The number of rotatable bonds is 6. The van der Waals surface area contributed by atoms with Crippen LogP contribution < -0.4 is 5.32 Å². The molecule has 1 aliphatic rings. The summed E-state index contributed by atoms with van der Waals surface area (Å²) in [5.74, 6) is 2.60. The van der Waals surface area contributed by atoms with Crippen molar-refractivity contribution in [3.8, 4) is 0 Å². The van der Waals surface area contributed by atoms with E-state index in [2.05, 4.69) is 38.8 Å². The van der Waals surface area contributed by atoms with E-state index in [0.29, 0.717) is 11.7 Å².